The van der Waals surface area contributed by atoms with E-state index in [9.17, 15) is 0 Å². The molecule has 2 atom stereocenters. The van der Waals surface area contributed by atoms with Crippen molar-refractivity contribution in [2.24, 2.45) is 5.92 Å². The molecule has 108 valence electrons. The summed E-state index contributed by atoms with van der Waals surface area (Å²) < 4.78 is 5.73. The first-order valence-electron chi connectivity index (χ1n) is 7.35. The topological polar surface area (TPSA) is 54.2 Å². The monoisotopic (exact) mass is 266 g/mol. The fourth-order valence-corrected chi connectivity index (χ4v) is 2.66. The lowest BCUT2D eigenvalue weighted by molar-refractivity contribution is 0.325. The molecule has 19 heavy (non-hydrogen) atoms. The van der Waals surface area contributed by atoms with Crippen molar-refractivity contribution in [3.63, 3.8) is 0 Å². The molecule has 5 heteroatoms. The highest BCUT2D eigenvalue weighted by Crippen LogP contribution is 2.28. The molecule has 2 rings (SSSR count). The van der Waals surface area contributed by atoms with Gasteiger partial charge < -0.3 is 14.6 Å². The van der Waals surface area contributed by atoms with E-state index in [1.807, 2.05) is 0 Å². The Kier molecular flexibility index (Phi) is 4.80. The number of anilines is 1. The predicted octanol–water partition coefficient (Wildman–Crippen LogP) is 2.58. The van der Waals surface area contributed by atoms with Crippen LogP contribution in [-0.2, 0) is 6.54 Å². The highest BCUT2D eigenvalue weighted by Gasteiger charge is 2.25. The predicted molar refractivity (Wildman–Crippen MR) is 76.1 cm³/mol. The standard InChI is InChI=1S/C14H26N4O/c1-10(2)15-9-13-16-17-14(19-13)18(4)12-7-5-6-11(3)8-12/h10-12,15H,5-9H2,1-4H3. The van der Waals surface area contributed by atoms with Crippen molar-refractivity contribution >= 4 is 6.01 Å². The van der Waals surface area contributed by atoms with Crippen molar-refractivity contribution in [1.82, 2.24) is 15.5 Å². The molecular formula is C14H26N4O. The first-order valence-corrected chi connectivity index (χ1v) is 7.35. The molecule has 1 aliphatic rings. The minimum atomic E-state index is 0.423. The van der Waals surface area contributed by atoms with Crippen molar-refractivity contribution in [2.75, 3.05) is 11.9 Å². The van der Waals surface area contributed by atoms with Crippen LogP contribution in [0.1, 0.15) is 52.3 Å². The van der Waals surface area contributed by atoms with Gasteiger partial charge in [-0.2, -0.15) is 0 Å². The van der Waals surface area contributed by atoms with Crippen molar-refractivity contribution in [1.29, 1.82) is 0 Å². The van der Waals surface area contributed by atoms with Gasteiger partial charge in [0.1, 0.15) is 0 Å². The summed E-state index contributed by atoms with van der Waals surface area (Å²) in [6.45, 7) is 7.17. The van der Waals surface area contributed by atoms with Crippen LogP contribution in [0.4, 0.5) is 6.01 Å². The summed E-state index contributed by atoms with van der Waals surface area (Å²) in [4.78, 5) is 2.15. The van der Waals surface area contributed by atoms with E-state index in [0.29, 0.717) is 30.5 Å². The number of nitrogens with zero attached hydrogens (tertiary/aromatic N) is 3. The van der Waals surface area contributed by atoms with E-state index in [2.05, 4.69) is 48.2 Å². The first-order chi connectivity index (χ1) is 9.06. The number of aromatic nitrogens is 2. The summed E-state index contributed by atoms with van der Waals surface area (Å²) in [6, 6.07) is 1.61. The lowest BCUT2D eigenvalue weighted by Crippen LogP contribution is -2.35. The Balaban J connectivity index is 1.93. The molecule has 0 bridgehead atoms. The van der Waals surface area contributed by atoms with E-state index < -0.39 is 0 Å². The van der Waals surface area contributed by atoms with Crippen molar-refractivity contribution in [2.45, 2.75) is 65.1 Å². The average Bonchev–Trinajstić information content (AvgIpc) is 2.84. The average molecular weight is 266 g/mol. The summed E-state index contributed by atoms with van der Waals surface area (Å²) in [5, 5.41) is 11.6. The largest absolute Gasteiger partial charge is 0.407 e. The zero-order valence-electron chi connectivity index (χ0n) is 12.5. The highest BCUT2D eigenvalue weighted by molar-refractivity contribution is 5.24. The summed E-state index contributed by atoms with van der Waals surface area (Å²) in [7, 11) is 2.07. The van der Waals surface area contributed by atoms with Crippen molar-refractivity contribution in [3.05, 3.63) is 5.89 Å². The Labute approximate surface area is 115 Å². The lowest BCUT2D eigenvalue weighted by Gasteiger charge is -2.32. The zero-order valence-corrected chi connectivity index (χ0v) is 12.5. The molecule has 0 radical (unpaired) electrons. The third kappa shape index (κ3) is 3.93. The summed E-state index contributed by atoms with van der Waals surface area (Å²) in [5.41, 5.74) is 0. The van der Waals surface area contributed by atoms with Gasteiger partial charge in [-0.15, -0.1) is 5.10 Å². The third-order valence-electron chi connectivity index (χ3n) is 3.88. The lowest BCUT2D eigenvalue weighted by atomic mass is 9.86. The van der Waals surface area contributed by atoms with Gasteiger partial charge in [0, 0.05) is 19.1 Å². The maximum absolute atomic E-state index is 5.73. The minimum Gasteiger partial charge on any atom is -0.407 e. The van der Waals surface area contributed by atoms with E-state index >= 15 is 0 Å². The molecule has 0 saturated heterocycles. The quantitative estimate of drug-likeness (QED) is 0.887. The number of nitrogens with one attached hydrogen (secondary N) is 1. The maximum Gasteiger partial charge on any atom is 0.318 e. The van der Waals surface area contributed by atoms with Gasteiger partial charge in [-0.3, -0.25) is 0 Å². The van der Waals surface area contributed by atoms with Crippen LogP contribution in [0.3, 0.4) is 0 Å². The van der Waals surface area contributed by atoms with Crippen molar-refractivity contribution < 1.29 is 4.42 Å². The maximum atomic E-state index is 5.73. The van der Waals surface area contributed by atoms with Gasteiger partial charge in [0.05, 0.1) is 6.54 Å². The second-order valence-electron chi connectivity index (χ2n) is 6.05. The van der Waals surface area contributed by atoms with Gasteiger partial charge in [0.2, 0.25) is 5.89 Å². The Morgan fingerprint density at radius 2 is 2.16 bits per heavy atom. The van der Waals surface area contributed by atoms with Crippen LogP contribution < -0.4 is 10.2 Å². The van der Waals surface area contributed by atoms with Gasteiger partial charge in [-0.25, -0.2) is 0 Å². The molecular weight excluding hydrogens is 240 g/mol. The van der Waals surface area contributed by atoms with Crippen LogP contribution >= 0.6 is 0 Å². The minimum absolute atomic E-state index is 0.423. The summed E-state index contributed by atoms with van der Waals surface area (Å²) in [6.07, 6.45) is 5.09. The molecule has 1 N–H and O–H groups in total. The van der Waals surface area contributed by atoms with Gasteiger partial charge >= 0.3 is 6.01 Å². The van der Waals surface area contributed by atoms with Crippen molar-refractivity contribution in [3.8, 4) is 0 Å². The first kappa shape index (κ1) is 14.3. The molecule has 2 unspecified atom stereocenters. The third-order valence-corrected chi connectivity index (χ3v) is 3.88. The SMILES string of the molecule is CC1CCCC(N(C)c2nnc(CNC(C)C)o2)C1. The van der Waals surface area contributed by atoms with Gasteiger partial charge in [-0.1, -0.05) is 38.7 Å². The molecule has 1 aliphatic carbocycles. The fraction of sp³-hybridized carbons (Fsp3) is 0.857. The molecule has 0 aliphatic heterocycles. The van der Waals surface area contributed by atoms with Crippen LogP contribution in [-0.4, -0.2) is 29.3 Å². The van der Waals surface area contributed by atoms with Crippen LogP contribution in [0.25, 0.3) is 0 Å². The second-order valence-corrected chi connectivity index (χ2v) is 6.05. The number of hydrogen-bond acceptors (Lipinski definition) is 5. The Morgan fingerprint density at radius 1 is 1.37 bits per heavy atom. The molecule has 0 amide bonds. The highest BCUT2D eigenvalue weighted by atomic mass is 16.4. The van der Waals surface area contributed by atoms with E-state index in [1.54, 1.807) is 0 Å². The Hall–Kier alpha value is -1.10. The van der Waals surface area contributed by atoms with E-state index in [-0.39, 0.29) is 0 Å². The van der Waals surface area contributed by atoms with Crippen LogP contribution in [0.15, 0.2) is 4.42 Å². The fourth-order valence-electron chi connectivity index (χ4n) is 2.66. The Morgan fingerprint density at radius 3 is 2.84 bits per heavy atom. The smallest absolute Gasteiger partial charge is 0.318 e. The molecule has 1 fully saturated rings. The zero-order chi connectivity index (χ0) is 13.8. The van der Waals surface area contributed by atoms with E-state index in [0.717, 1.165) is 5.92 Å². The van der Waals surface area contributed by atoms with Crippen LogP contribution in [0, 0.1) is 5.92 Å². The van der Waals surface area contributed by atoms with Crippen LogP contribution in [0.5, 0.6) is 0 Å². The van der Waals surface area contributed by atoms with E-state index in [4.69, 9.17) is 4.42 Å². The van der Waals surface area contributed by atoms with Gasteiger partial charge in [0.25, 0.3) is 0 Å². The molecule has 1 saturated carbocycles. The number of hydrogen-bond donors (Lipinski definition) is 1. The Bertz CT molecular complexity index is 391. The molecule has 1 heterocycles. The summed E-state index contributed by atoms with van der Waals surface area (Å²) in [5.74, 6) is 1.46. The van der Waals surface area contributed by atoms with Gasteiger partial charge in [-0.05, 0) is 18.8 Å². The van der Waals surface area contributed by atoms with Gasteiger partial charge in [0.15, 0.2) is 0 Å². The summed E-state index contributed by atoms with van der Waals surface area (Å²) >= 11 is 0. The molecule has 1 aromatic rings. The number of rotatable bonds is 5. The second kappa shape index (κ2) is 6.37. The molecule has 0 aromatic carbocycles. The normalized spacial score (nSPS) is 23.8. The molecule has 5 nitrogen and oxygen atoms in total. The van der Waals surface area contributed by atoms with E-state index in [1.165, 1.54) is 25.7 Å². The molecule has 0 spiro atoms. The molecule has 1 aromatic heterocycles. The van der Waals surface area contributed by atoms with Crippen LogP contribution in [0.2, 0.25) is 0 Å².